The Morgan fingerprint density at radius 3 is 2.62 bits per heavy atom. The smallest absolute Gasteiger partial charge is 0.231 e. The van der Waals surface area contributed by atoms with E-state index in [4.69, 9.17) is 9.26 Å². The van der Waals surface area contributed by atoms with Crippen LogP contribution in [0.4, 0.5) is 0 Å². The van der Waals surface area contributed by atoms with Gasteiger partial charge in [-0.2, -0.15) is 4.98 Å². The standard InChI is InChI=1S/C25H28N4O3/c1-18-26-24(32-27-18)22-14-28(13-19-7-4-3-5-8-19)15-25(22)16-29(17-25)23(30)12-20-9-6-10-21(11-20)31-2/h3-11,22H,12-17H2,1-2H3. The van der Waals surface area contributed by atoms with Gasteiger partial charge >= 0.3 is 0 Å². The topological polar surface area (TPSA) is 71.7 Å². The van der Waals surface area contributed by atoms with Crippen LogP contribution in [0.2, 0.25) is 0 Å². The first-order chi connectivity index (χ1) is 15.5. The van der Waals surface area contributed by atoms with E-state index in [1.807, 2.05) is 42.2 Å². The second-order valence-corrected chi connectivity index (χ2v) is 9.03. The quantitative estimate of drug-likeness (QED) is 0.596. The molecule has 2 aliphatic rings. The van der Waals surface area contributed by atoms with Crippen molar-refractivity contribution in [2.45, 2.75) is 25.8 Å². The lowest BCUT2D eigenvalue weighted by molar-refractivity contribution is -0.143. The summed E-state index contributed by atoms with van der Waals surface area (Å²) in [5.74, 6) is 2.40. The molecule has 0 saturated carbocycles. The molecule has 0 N–H and O–H groups in total. The first-order valence-electron chi connectivity index (χ1n) is 11.0. The summed E-state index contributed by atoms with van der Waals surface area (Å²) in [6.07, 6.45) is 0.380. The number of hydrogen-bond donors (Lipinski definition) is 0. The molecule has 7 nitrogen and oxygen atoms in total. The monoisotopic (exact) mass is 432 g/mol. The van der Waals surface area contributed by atoms with Crippen LogP contribution in [0.3, 0.4) is 0 Å². The van der Waals surface area contributed by atoms with Gasteiger partial charge in [0.15, 0.2) is 5.82 Å². The molecule has 32 heavy (non-hydrogen) atoms. The molecular formula is C25H28N4O3. The van der Waals surface area contributed by atoms with Crippen molar-refractivity contribution < 1.29 is 14.1 Å². The van der Waals surface area contributed by atoms with Crippen molar-refractivity contribution >= 4 is 5.91 Å². The van der Waals surface area contributed by atoms with Crippen LogP contribution in [-0.4, -0.2) is 59.1 Å². The van der Waals surface area contributed by atoms with Crippen LogP contribution in [0.25, 0.3) is 0 Å². The zero-order chi connectivity index (χ0) is 22.1. The molecule has 0 aliphatic carbocycles. The van der Waals surface area contributed by atoms with Crippen LogP contribution < -0.4 is 4.74 Å². The molecule has 1 unspecified atom stereocenters. The molecule has 1 aromatic heterocycles. The van der Waals surface area contributed by atoms with Gasteiger partial charge in [-0.05, 0) is 30.2 Å². The fourth-order valence-electron chi connectivity index (χ4n) is 5.11. The van der Waals surface area contributed by atoms with E-state index in [1.54, 1.807) is 7.11 Å². The number of aryl methyl sites for hydroxylation is 1. The number of carbonyl (C=O) groups excluding carboxylic acids is 1. The number of ether oxygens (including phenoxy) is 1. The van der Waals surface area contributed by atoms with E-state index < -0.39 is 0 Å². The van der Waals surface area contributed by atoms with Gasteiger partial charge in [0.25, 0.3) is 0 Å². The second kappa shape index (κ2) is 8.39. The molecule has 7 heteroatoms. The third-order valence-corrected chi connectivity index (χ3v) is 6.66. The Labute approximate surface area is 188 Å². The van der Waals surface area contributed by atoms with Gasteiger partial charge in [-0.15, -0.1) is 0 Å². The van der Waals surface area contributed by atoms with Crippen molar-refractivity contribution in [2.75, 3.05) is 33.3 Å². The number of likely N-dealkylation sites (tertiary alicyclic amines) is 2. The van der Waals surface area contributed by atoms with Gasteiger partial charge in [0.2, 0.25) is 11.8 Å². The Morgan fingerprint density at radius 1 is 1.12 bits per heavy atom. The van der Waals surface area contributed by atoms with Crippen molar-refractivity contribution in [2.24, 2.45) is 5.41 Å². The van der Waals surface area contributed by atoms with Crippen molar-refractivity contribution in [3.8, 4) is 5.75 Å². The fraction of sp³-hybridized carbons (Fsp3) is 0.400. The number of carbonyl (C=O) groups is 1. The largest absolute Gasteiger partial charge is 0.497 e. The zero-order valence-electron chi connectivity index (χ0n) is 18.5. The molecule has 2 fully saturated rings. The van der Waals surface area contributed by atoms with Crippen LogP contribution in [0, 0.1) is 12.3 Å². The number of aromatic nitrogens is 2. The maximum atomic E-state index is 13.0. The van der Waals surface area contributed by atoms with Crippen LogP contribution in [0.1, 0.15) is 28.8 Å². The summed E-state index contributed by atoms with van der Waals surface area (Å²) < 4.78 is 10.9. The minimum atomic E-state index is -0.0439. The Bertz CT molecular complexity index is 1090. The van der Waals surface area contributed by atoms with E-state index in [9.17, 15) is 4.79 Å². The Kier molecular flexibility index (Phi) is 5.43. The first kappa shape index (κ1) is 20.7. The molecule has 3 heterocycles. The summed E-state index contributed by atoms with van der Waals surface area (Å²) in [5, 5.41) is 4.02. The molecule has 166 valence electrons. The number of rotatable bonds is 6. The normalized spacial score (nSPS) is 19.8. The highest BCUT2D eigenvalue weighted by molar-refractivity contribution is 5.80. The predicted octanol–water partition coefficient (Wildman–Crippen LogP) is 3.06. The molecule has 1 amide bonds. The number of benzene rings is 2. The van der Waals surface area contributed by atoms with Gasteiger partial charge < -0.3 is 14.2 Å². The molecule has 1 spiro atoms. The van der Waals surface area contributed by atoms with Gasteiger partial charge in [-0.25, -0.2) is 0 Å². The maximum Gasteiger partial charge on any atom is 0.231 e. The van der Waals surface area contributed by atoms with Crippen molar-refractivity contribution in [1.82, 2.24) is 19.9 Å². The van der Waals surface area contributed by atoms with Crippen LogP contribution in [-0.2, 0) is 17.8 Å². The Morgan fingerprint density at radius 2 is 1.91 bits per heavy atom. The number of amides is 1. The second-order valence-electron chi connectivity index (χ2n) is 9.03. The summed E-state index contributed by atoms with van der Waals surface area (Å²) in [7, 11) is 1.64. The van der Waals surface area contributed by atoms with E-state index >= 15 is 0 Å². The maximum absolute atomic E-state index is 13.0. The number of methoxy groups -OCH3 is 1. The van der Waals surface area contributed by atoms with Crippen LogP contribution >= 0.6 is 0 Å². The molecule has 0 radical (unpaired) electrons. The average molecular weight is 433 g/mol. The highest BCUT2D eigenvalue weighted by atomic mass is 16.5. The van der Waals surface area contributed by atoms with Crippen LogP contribution in [0.15, 0.2) is 59.1 Å². The molecule has 0 bridgehead atoms. The molecule has 2 saturated heterocycles. The minimum absolute atomic E-state index is 0.0439. The summed E-state index contributed by atoms with van der Waals surface area (Å²) in [6, 6.07) is 18.2. The predicted molar refractivity (Wildman–Crippen MR) is 119 cm³/mol. The summed E-state index contributed by atoms with van der Waals surface area (Å²) in [6.45, 7) is 5.93. The molecule has 5 rings (SSSR count). The summed E-state index contributed by atoms with van der Waals surface area (Å²) in [5.41, 5.74) is 2.21. The highest BCUT2D eigenvalue weighted by Gasteiger charge is 2.57. The Hall–Kier alpha value is -3.19. The minimum Gasteiger partial charge on any atom is -0.497 e. The first-order valence-corrected chi connectivity index (χ1v) is 11.0. The number of hydrogen-bond acceptors (Lipinski definition) is 6. The SMILES string of the molecule is COc1cccc(CC(=O)N2CC3(CN(Cc4ccccc4)CC3c3nc(C)no3)C2)c1. The lowest BCUT2D eigenvalue weighted by Gasteiger charge is -2.50. The average Bonchev–Trinajstić information content (AvgIpc) is 3.37. The van der Waals surface area contributed by atoms with Crippen LogP contribution in [0.5, 0.6) is 5.75 Å². The zero-order valence-corrected chi connectivity index (χ0v) is 18.5. The van der Waals surface area contributed by atoms with Gasteiger partial charge in [-0.3, -0.25) is 9.69 Å². The van der Waals surface area contributed by atoms with E-state index in [-0.39, 0.29) is 17.2 Å². The third kappa shape index (κ3) is 4.00. The van der Waals surface area contributed by atoms with Gasteiger partial charge in [0, 0.05) is 38.1 Å². The van der Waals surface area contributed by atoms with Crippen molar-refractivity contribution in [3.05, 3.63) is 77.4 Å². The molecule has 1 atom stereocenters. The number of nitrogens with zero attached hydrogens (tertiary/aromatic N) is 4. The molecular weight excluding hydrogens is 404 g/mol. The summed E-state index contributed by atoms with van der Waals surface area (Å²) in [4.78, 5) is 21.9. The van der Waals surface area contributed by atoms with Gasteiger partial charge in [-0.1, -0.05) is 47.6 Å². The van der Waals surface area contributed by atoms with E-state index in [1.165, 1.54) is 5.56 Å². The van der Waals surface area contributed by atoms with Crippen molar-refractivity contribution in [1.29, 1.82) is 0 Å². The molecule has 2 aliphatic heterocycles. The molecule has 2 aromatic carbocycles. The lowest BCUT2D eigenvalue weighted by atomic mass is 9.71. The van der Waals surface area contributed by atoms with E-state index in [2.05, 4.69) is 39.3 Å². The third-order valence-electron chi connectivity index (χ3n) is 6.66. The van der Waals surface area contributed by atoms with Gasteiger partial charge in [0.1, 0.15) is 5.75 Å². The lowest BCUT2D eigenvalue weighted by Crippen LogP contribution is -2.61. The highest BCUT2D eigenvalue weighted by Crippen LogP contribution is 2.49. The van der Waals surface area contributed by atoms with E-state index in [0.717, 1.165) is 30.9 Å². The van der Waals surface area contributed by atoms with E-state index in [0.29, 0.717) is 31.2 Å². The van der Waals surface area contributed by atoms with Gasteiger partial charge in [0.05, 0.1) is 19.4 Å². The summed E-state index contributed by atoms with van der Waals surface area (Å²) >= 11 is 0. The molecule has 3 aromatic rings. The Balaban J connectivity index is 1.29. The van der Waals surface area contributed by atoms with Crippen molar-refractivity contribution in [3.63, 3.8) is 0 Å². The fourth-order valence-corrected chi connectivity index (χ4v) is 5.11.